The fourth-order valence-corrected chi connectivity index (χ4v) is 1.94. The van der Waals surface area contributed by atoms with Crippen LogP contribution in [0.4, 0.5) is 5.69 Å². The van der Waals surface area contributed by atoms with Gasteiger partial charge in [-0.05, 0) is 18.6 Å². The number of ether oxygens (including phenoxy) is 2. The van der Waals surface area contributed by atoms with Crippen molar-refractivity contribution < 1.29 is 19.2 Å². The highest BCUT2D eigenvalue weighted by atomic mass is 16.6. The summed E-state index contributed by atoms with van der Waals surface area (Å²) in [6.07, 6.45) is 0. The van der Waals surface area contributed by atoms with Crippen molar-refractivity contribution >= 4 is 11.6 Å². The normalized spacial score (nSPS) is 14.9. The van der Waals surface area contributed by atoms with Crippen molar-refractivity contribution in [2.75, 3.05) is 32.9 Å². The van der Waals surface area contributed by atoms with E-state index in [-0.39, 0.29) is 24.0 Å². The lowest BCUT2D eigenvalue weighted by molar-refractivity contribution is -0.385. The number of carbonyl (C=O) groups excluding carboxylic acids is 1. The first-order valence-electron chi connectivity index (χ1n) is 6.31. The van der Waals surface area contributed by atoms with Gasteiger partial charge in [0, 0.05) is 19.2 Å². The number of benzene rings is 1. The first-order chi connectivity index (χ1) is 9.58. The van der Waals surface area contributed by atoms with E-state index in [1.54, 1.807) is 17.9 Å². The molecule has 0 saturated carbocycles. The number of nitrogens with zero attached hydrogens (tertiary/aromatic N) is 2. The molecule has 1 aliphatic rings. The van der Waals surface area contributed by atoms with Gasteiger partial charge in [0.2, 0.25) is 0 Å². The molecule has 1 aliphatic heterocycles. The molecule has 0 unspecified atom stereocenters. The summed E-state index contributed by atoms with van der Waals surface area (Å²) in [4.78, 5) is 23.9. The Kier molecular flexibility index (Phi) is 4.52. The zero-order valence-electron chi connectivity index (χ0n) is 11.2. The van der Waals surface area contributed by atoms with E-state index in [1.165, 1.54) is 12.1 Å². The van der Waals surface area contributed by atoms with Crippen molar-refractivity contribution in [2.45, 2.75) is 6.92 Å². The van der Waals surface area contributed by atoms with E-state index in [0.29, 0.717) is 26.3 Å². The Morgan fingerprint density at radius 1 is 1.45 bits per heavy atom. The molecule has 7 heteroatoms. The number of hydrogen-bond donors (Lipinski definition) is 0. The highest BCUT2D eigenvalue weighted by Crippen LogP contribution is 2.27. The maximum Gasteiger partial charge on any atom is 0.311 e. The molecule has 1 amide bonds. The largest absolute Gasteiger partial charge is 0.477 e. The van der Waals surface area contributed by atoms with Crippen LogP contribution < -0.4 is 4.74 Å². The number of carbonyl (C=O) groups is 1. The summed E-state index contributed by atoms with van der Waals surface area (Å²) in [6, 6.07) is 4.65. The van der Waals surface area contributed by atoms with E-state index in [1.807, 2.05) is 0 Å². The molecule has 7 nitrogen and oxygen atoms in total. The van der Waals surface area contributed by atoms with Gasteiger partial charge in [0.15, 0.2) is 12.4 Å². The Balaban J connectivity index is 1.99. The molecule has 0 N–H and O–H groups in total. The number of amides is 1. The predicted molar refractivity (Wildman–Crippen MR) is 70.7 cm³/mol. The van der Waals surface area contributed by atoms with Crippen molar-refractivity contribution in [2.24, 2.45) is 0 Å². The number of morpholine rings is 1. The standard InChI is InChI=1S/C13H16N2O5/c1-10-2-3-12(11(8-10)15(17)18)20-9-13(16)14-4-6-19-7-5-14/h2-3,8H,4-7,9H2,1H3. The molecular formula is C13H16N2O5. The van der Waals surface area contributed by atoms with Gasteiger partial charge in [-0.2, -0.15) is 0 Å². The van der Waals surface area contributed by atoms with Crippen molar-refractivity contribution in [3.63, 3.8) is 0 Å². The zero-order valence-corrected chi connectivity index (χ0v) is 11.2. The Morgan fingerprint density at radius 3 is 2.80 bits per heavy atom. The smallest absolute Gasteiger partial charge is 0.311 e. The first-order valence-corrected chi connectivity index (χ1v) is 6.31. The second-order valence-corrected chi connectivity index (χ2v) is 4.51. The number of aryl methyl sites for hydroxylation is 1. The average Bonchev–Trinajstić information content (AvgIpc) is 2.46. The third kappa shape index (κ3) is 3.45. The fourth-order valence-electron chi connectivity index (χ4n) is 1.94. The van der Waals surface area contributed by atoms with Gasteiger partial charge in [0.25, 0.3) is 5.91 Å². The van der Waals surface area contributed by atoms with Crippen LogP contribution in [0.5, 0.6) is 5.75 Å². The highest BCUT2D eigenvalue weighted by Gasteiger charge is 2.20. The number of rotatable bonds is 4. The lowest BCUT2D eigenvalue weighted by Crippen LogP contribution is -2.43. The Labute approximate surface area is 116 Å². The van der Waals surface area contributed by atoms with Gasteiger partial charge in [-0.15, -0.1) is 0 Å². The summed E-state index contributed by atoms with van der Waals surface area (Å²) in [7, 11) is 0. The molecule has 0 atom stereocenters. The first kappa shape index (κ1) is 14.3. The molecule has 1 aromatic carbocycles. The van der Waals surface area contributed by atoms with Gasteiger partial charge in [0.1, 0.15) is 0 Å². The molecule has 0 aliphatic carbocycles. The number of hydrogen-bond acceptors (Lipinski definition) is 5. The molecule has 1 heterocycles. The molecule has 20 heavy (non-hydrogen) atoms. The van der Waals surface area contributed by atoms with Crippen LogP contribution in [-0.4, -0.2) is 48.6 Å². The van der Waals surface area contributed by atoms with E-state index in [9.17, 15) is 14.9 Å². The maximum absolute atomic E-state index is 11.9. The third-order valence-electron chi connectivity index (χ3n) is 3.03. The molecule has 1 fully saturated rings. The molecule has 0 spiro atoms. The Hall–Kier alpha value is -2.15. The van der Waals surface area contributed by atoms with Crippen LogP contribution in [0.2, 0.25) is 0 Å². The van der Waals surface area contributed by atoms with Crippen LogP contribution in [0.1, 0.15) is 5.56 Å². The van der Waals surface area contributed by atoms with Crippen molar-refractivity contribution in [1.82, 2.24) is 4.90 Å². The topological polar surface area (TPSA) is 81.9 Å². The minimum absolute atomic E-state index is 0.113. The summed E-state index contributed by atoms with van der Waals surface area (Å²) in [5.74, 6) is -0.0783. The quantitative estimate of drug-likeness (QED) is 0.610. The van der Waals surface area contributed by atoms with E-state index in [2.05, 4.69) is 0 Å². The summed E-state index contributed by atoms with van der Waals surface area (Å²) in [5.41, 5.74) is 0.642. The van der Waals surface area contributed by atoms with E-state index in [4.69, 9.17) is 9.47 Å². The summed E-state index contributed by atoms with van der Waals surface area (Å²) >= 11 is 0. The molecule has 0 bridgehead atoms. The van der Waals surface area contributed by atoms with Crippen molar-refractivity contribution in [1.29, 1.82) is 0 Å². The van der Waals surface area contributed by atoms with Crippen LogP contribution in [0.15, 0.2) is 18.2 Å². The predicted octanol–water partition coefficient (Wildman–Crippen LogP) is 1.14. The second kappa shape index (κ2) is 6.33. The van der Waals surface area contributed by atoms with Crippen LogP contribution in [0.3, 0.4) is 0 Å². The highest BCUT2D eigenvalue weighted by molar-refractivity contribution is 5.78. The van der Waals surface area contributed by atoms with E-state index in [0.717, 1.165) is 5.56 Å². The molecular weight excluding hydrogens is 264 g/mol. The second-order valence-electron chi connectivity index (χ2n) is 4.51. The van der Waals surface area contributed by atoms with E-state index < -0.39 is 4.92 Å². The Bertz CT molecular complexity index is 511. The van der Waals surface area contributed by atoms with Crippen LogP contribution in [0.25, 0.3) is 0 Å². The van der Waals surface area contributed by atoms with Gasteiger partial charge in [-0.3, -0.25) is 14.9 Å². The monoisotopic (exact) mass is 280 g/mol. The molecule has 1 aromatic rings. The molecule has 1 saturated heterocycles. The summed E-state index contributed by atoms with van der Waals surface area (Å²) < 4.78 is 10.4. The number of nitro groups is 1. The summed E-state index contributed by atoms with van der Waals surface area (Å²) in [5, 5.41) is 10.9. The minimum Gasteiger partial charge on any atom is -0.477 e. The van der Waals surface area contributed by atoms with Crippen LogP contribution in [-0.2, 0) is 9.53 Å². The van der Waals surface area contributed by atoms with Crippen molar-refractivity contribution in [3.8, 4) is 5.75 Å². The minimum atomic E-state index is -0.512. The SMILES string of the molecule is Cc1ccc(OCC(=O)N2CCOCC2)c([N+](=O)[O-])c1. The molecule has 2 rings (SSSR count). The maximum atomic E-state index is 11.9. The lowest BCUT2D eigenvalue weighted by Gasteiger charge is -2.26. The third-order valence-corrected chi connectivity index (χ3v) is 3.03. The van der Waals surface area contributed by atoms with Gasteiger partial charge in [-0.25, -0.2) is 0 Å². The van der Waals surface area contributed by atoms with Gasteiger partial charge >= 0.3 is 5.69 Å². The average molecular weight is 280 g/mol. The molecule has 0 aromatic heterocycles. The summed E-state index contributed by atoms with van der Waals surface area (Å²) in [6.45, 7) is 3.63. The van der Waals surface area contributed by atoms with E-state index >= 15 is 0 Å². The van der Waals surface area contributed by atoms with Gasteiger partial charge in [0.05, 0.1) is 18.1 Å². The van der Waals surface area contributed by atoms with Crippen molar-refractivity contribution in [3.05, 3.63) is 33.9 Å². The van der Waals surface area contributed by atoms with Gasteiger partial charge in [-0.1, -0.05) is 6.07 Å². The van der Waals surface area contributed by atoms with Crippen LogP contribution >= 0.6 is 0 Å². The van der Waals surface area contributed by atoms with Gasteiger partial charge < -0.3 is 14.4 Å². The lowest BCUT2D eigenvalue weighted by atomic mass is 10.2. The fraction of sp³-hybridized carbons (Fsp3) is 0.462. The Morgan fingerprint density at radius 2 is 2.15 bits per heavy atom. The number of nitro benzene ring substituents is 1. The molecule has 0 radical (unpaired) electrons. The molecule has 108 valence electrons. The zero-order chi connectivity index (χ0) is 14.5. The van der Waals surface area contributed by atoms with Crippen LogP contribution in [0, 0.1) is 17.0 Å².